The second-order valence-corrected chi connectivity index (χ2v) is 7.20. The lowest BCUT2D eigenvalue weighted by Crippen LogP contribution is -2.37. The maximum Gasteiger partial charge on any atom is 0.293 e. The van der Waals surface area contributed by atoms with E-state index in [1.165, 1.54) is 25.1 Å². The number of nitrogens with one attached hydrogen (secondary N) is 1. The molecule has 1 aliphatic rings. The van der Waals surface area contributed by atoms with Gasteiger partial charge in [-0.2, -0.15) is 0 Å². The minimum atomic E-state index is -0.550. The molecule has 9 heteroatoms. The first-order valence-corrected chi connectivity index (χ1v) is 9.52. The lowest BCUT2D eigenvalue weighted by molar-refractivity contribution is -0.385. The fraction of sp³-hybridized carbons (Fsp3) is 0.150. The minimum absolute atomic E-state index is 0.0104. The van der Waals surface area contributed by atoms with Crippen LogP contribution in [0, 0.1) is 17.0 Å². The number of thioether (sulfide) groups is 1. The molecular formula is C20H17N3O5S. The van der Waals surface area contributed by atoms with Gasteiger partial charge in [-0.1, -0.05) is 36.4 Å². The summed E-state index contributed by atoms with van der Waals surface area (Å²) < 4.78 is 0. The van der Waals surface area contributed by atoms with Gasteiger partial charge in [0.2, 0.25) is 0 Å². The van der Waals surface area contributed by atoms with Gasteiger partial charge in [0.05, 0.1) is 9.83 Å². The molecule has 0 aromatic heterocycles. The Balaban J connectivity index is 1.62. The third-order valence-electron chi connectivity index (χ3n) is 4.34. The van der Waals surface area contributed by atoms with Crippen LogP contribution in [0.3, 0.4) is 0 Å². The Morgan fingerprint density at radius 2 is 1.90 bits per heavy atom. The van der Waals surface area contributed by atoms with E-state index < -0.39 is 22.0 Å². The number of hydrogen-bond acceptors (Lipinski definition) is 6. The maximum atomic E-state index is 12.5. The molecule has 148 valence electrons. The van der Waals surface area contributed by atoms with Crippen LogP contribution in [0.25, 0.3) is 6.08 Å². The molecule has 1 N–H and O–H groups in total. The van der Waals surface area contributed by atoms with Gasteiger partial charge in [-0.05, 0) is 36.4 Å². The predicted octanol–water partition coefficient (Wildman–Crippen LogP) is 3.37. The van der Waals surface area contributed by atoms with Gasteiger partial charge >= 0.3 is 0 Å². The van der Waals surface area contributed by atoms with Crippen molar-refractivity contribution in [2.24, 2.45) is 0 Å². The zero-order valence-corrected chi connectivity index (χ0v) is 16.3. The van der Waals surface area contributed by atoms with Crippen LogP contribution in [-0.4, -0.2) is 40.0 Å². The van der Waals surface area contributed by atoms with Crippen LogP contribution in [0.5, 0.6) is 0 Å². The van der Waals surface area contributed by atoms with Gasteiger partial charge in [0.1, 0.15) is 0 Å². The summed E-state index contributed by atoms with van der Waals surface area (Å²) in [6.07, 6.45) is 1.65. The summed E-state index contributed by atoms with van der Waals surface area (Å²) in [7, 11) is 0. The number of carbonyl (C=O) groups excluding carboxylic acids is 3. The number of hydrogen-bond donors (Lipinski definition) is 1. The van der Waals surface area contributed by atoms with Gasteiger partial charge in [-0.25, -0.2) is 0 Å². The second kappa shape index (κ2) is 8.70. The highest BCUT2D eigenvalue weighted by atomic mass is 32.2. The van der Waals surface area contributed by atoms with E-state index >= 15 is 0 Å². The smallest absolute Gasteiger partial charge is 0.293 e. The van der Waals surface area contributed by atoms with Crippen LogP contribution >= 0.6 is 11.8 Å². The quantitative estimate of drug-likeness (QED) is 0.443. The fourth-order valence-electron chi connectivity index (χ4n) is 2.84. The molecule has 0 radical (unpaired) electrons. The van der Waals surface area contributed by atoms with Gasteiger partial charge in [-0.3, -0.25) is 29.4 Å². The van der Waals surface area contributed by atoms with Crippen molar-refractivity contribution in [3.05, 3.63) is 80.2 Å². The standard InChI is InChI=1S/C20H17N3O5S/c1-13-15(8-5-9-16(13)23(27)28)18(24)21-10-11-22-19(25)17(29-20(22)26)12-14-6-3-2-4-7-14/h2-9,12H,10-11H2,1H3,(H,21,24)/b17-12+. The zero-order chi connectivity index (χ0) is 21.0. The highest BCUT2D eigenvalue weighted by Crippen LogP contribution is 2.31. The second-order valence-electron chi connectivity index (χ2n) is 6.21. The predicted molar refractivity (Wildman–Crippen MR) is 109 cm³/mol. The molecule has 2 aromatic carbocycles. The van der Waals surface area contributed by atoms with Crippen molar-refractivity contribution in [2.45, 2.75) is 6.92 Å². The van der Waals surface area contributed by atoms with Crippen LogP contribution in [-0.2, 0) is 4.79 Å². The minimum Gasteiger partial charge on any atom is -0.350 e. The number of carbonyl (C=O) groups is 3. The molecule has 0 saturated carbocycles. The van der Waals surface area contributed by atoms with Crippen LogP contribution in [0.2, 0.25) is 0 Å². The molecule has 0 aliphatic carbocycles. The van der Waals surface area contributed by atoms with Gasteiger partial charge in [-0.15, -0.1) is 0 Å². The van der Waals surface area contributed by atoms with E-state index in [0.717, 1.165) is 22.2 Å². The van der Waals surface area contributed by atoms with Crippen molar-refractivity contribution in [2.75, 3.05) is 13.1 Å². The molecule has 1 heterocycles. The van der Waals surface area contributed by atoms with Gasteiger partial charge < -0.3 is 5.32 Å². The largest absolute Gasteiger partial charge is 0.350 e. The van der Waals surface area contributed by atoms with Gasteiger partial charge in [0, 0.05) is 30.3 Å². The van der Waals surface area contributed by atoms with E-state index in [9.17, 15) is 24.5 Å². The molecule has 8 nitrogen and oxygen atoms in total. The maximum absolute atomic E-state index is 12.5. The number of imide groups is 1. The Kier molecular flexibility index (Phi) is 6.08. The molecule has 0 spiro atoms. The molecule has 0 bridgehead atoms. The van der Waals surface area contributed by atoms with E-state index in [1.54, 1.807) is 6.08 Å². The topological polar surface area (TPSA) is 110 Å². The van der Waals surface area contributed by atoms with E-state index in [0.29, 0.717) is 4.91 Å². The Hall–Kier alpha value is -3.46. The first-order chi connectivity index (χ1) is 13.9. The number of nitro benzene ring substituents is 1. The fourth-order valence-corrected chi connectivity index (χ4v) is 3.70. The van der Waals surface area contributed by atoms with Gasteiger partial charge in [0.25, 0.3) is 22.7 Å². The Morgan fingerprint density at radius 3 is 2.59 bits per heavy atom. The van der Waals surface area contributed by atoms with Crippen LogP contribution in [0.1, 0.15) is 21.5 Å². The molecule has 1 aliphatic heterocycles. The first kappa shape index (κ1) is 20.3. The van der Waals surface area contributed by atoms with E-state index in [1.807, 2.05) is 30.3 Å². The van der Waals surface area contributed by atoms with E-state index in [4.69, 9.17) is 0 Å². The summed E-state index contributed by atoms with van der Waals surface area (Å²) in [5, 5.41) is 13.2. The normalized spacial score (nSPS) is 15.1. The zero-order valence-electron chi connectivity index (χ0n) is 15.5. The van der Waals surface area contributed by atoms with Crippen molar-refractivity contribution >= 4 is 40.6 Å². The number of nitro groups is 1. The lowest BCUT2D eigenvalue weighted by atomic mass is 10.1. The number of amides is 3. The summed E-state index contributed by atoms with van der Waals surface area (Å²) >= 11 is 0.850. The highest BCUT2D eigenvalue weighted by Gasteiger charge is 2.34. The van der Waals surface area contributed by atoms with Gasteiger partial charge in [0.15, 0.2) is 0 Å². The van der Waals surface area contributed by atoms with Crippen molar-refractivity contribution in [3.8, 4) is 0 Å². The van der Waals surface area contributed by atoms with Crippen LogP contribution in [0.4, 0.5) is 10.5 Å². The molecule has 1 fully saturated rings. The number of rotatable bonds is 6. The molecule has 0 unspecified atom stereocenters. The summed E-state index contributed by atoms with van der Waals surface area (Å²) in [6, 6.07) is 13.4. The molecule has 3 amide bonds. The highest BCUT2D eigenvalue weighted by molar-refractivity contribution is 8.18. The molecule has 29 heavy (non-hydrogen) atoms. The Labute approximate surface area is 170 Å². The molecule has 1 saturated heterocycles. The monoisotopic (exact) mass is 411 g/mol. The third kappa shape index (κ3) is 4.52. The lowest BCUT2D eigenvalue weighted by Gasteiger charge is -2.13. The molecule has 3 rings (SSSR count). The molecule has 0 atom stereocenters. The van der Waals surface area contributed by atoms with Crippen molar-refractivity contribution in [1.82, 2.24) is 10.2 Å². The summed E-state index contributed by atoms with van der Waals surface area (Å²) in [4.78, 5) is 48.8. The van der Waals surface area contributed by atoms with Crippen molar-refractivity contribution in [1.29, 1.82) is 0 Å². The van der Waals surface area contributed by atoms with Crippen LogP contribution in [0.15, 0.2) is 53.4 Å². The number of benzene rings is 2. The summed E-state index contributed by atoms with van der Waals surface area (Å²) in [5.41, 5.74) is 1.10. The Bertz CT molecular complexity index is 1020. The average Bonchev–Trinajstić information content (AvgIpc) is 2.96. The first-order valence-electron chi connectivity index (χ1n) is 8.71. The van der Waals surface area contributed by atoms with Crippen molar-refractivity contribution in [3.63, 3.8) is 0 Å². The van der Waals surface area contributed by atoms with E-state index in [-0.39, 0.29) is 29.9 Å². The van der Waals surface area contributed by atoms with Crippen LogP contribution < -0.4 is 5.32 Å². The summed E-state index contributed by atoms with van der Waals surface area (Å²) in [5.74, 6) is -0.914. The Morgan fingerprint density at radius 1 is 1.17 bits per heavy atom. The molecule has 2 aromatic rings. The molecular weight excluding hydrogens is 394 g/mol. The van der Waals surface area contributed by atoms with E-state index in [2.05, 4.69) is 5.32 Å². The SMILES string of the molecule is Cc1c(C(=O)NCCN2C(=O)S/C(=C/c3ccccc3)C2=O)cccc1[N+](=O)[O-]. The number of nitrogens with zero attached hydrogens (tertiary/aromatic N) is 2. The van der Waals surface area contributed by atoms with Crippen molar-refractivity contribution < 1.29 is 19.3 Å². The third-order valence-corrected chi connectivity index (χ3v) is 5.25. The average molecular weight is 411 g/mol. The summed E-state index contributed by atoms with van der Waals surface area (Å²) in [6.45, 7) is 1.55.